The molecule has 0 bridgehead atoms. The first-order valence-electron chi connectivity index (χ1n) is 8.97. The Morgan fingerprint density at radius 3 is 2.41 bits per heavy atom. The second kappa shape index (κ2) is 8.19. The maximum Gasteiger partial charge on any atom is 0.282 e. The van der Waals surface area contributed by atoms with E-state index in [0.29, 0.717) is 13.0 Å². The Hall–Kier alpha value is -2.25. The van der Waals surface area contributed by atoms with Crippen LogP contribution < -0.4 is 9.80 Å². The maximum atomic E-state index is 13.0. The number of rotatable bonds is 6. The molecule has 1 saturated heterocycles. The van der Waals surface area contributed by atoms with E-state index in [1.807, 2.05) is 37.4 Å². The number of hydrogen-bond donors (Lipinski definition) is 1. The Morgan fingerprint density at radius 2 is 1.81 bits per heavy atom. The zero-order valence-electron chi connectivity index (χ0n) is 15.3. The van der Waals surface area contributed by atoms with Gasteiger partial charge in [0, 0.05) is 11.3 Å². The first-order valence-corrected chi connectivity index (χ1v) is 10.8. The molecule has 3 rings (SSSR count). The zero-order valence-corrected chi connectivity index (χ0v) is 16.1. The van der Waals surface area contributed by atoms with E-state index < -0.39 is 9.84 Å². The average molecular weight is 391 g/mol. The fourth-order valence-electron chi connectivity index (χ4n) is 3.48. The summed E-state index contributed by atoms with van der Waals surface area (Å²) < 4.78 is 36.9. The molecule has 1 N–H and O–H groups in total. The molecule has 0 aliphatic carbocycles. The van der Waals surface area contributed by atoms with Crippen LogP contribution in [0.15, 0.2) is 54.6 Å². The number of nitrogens with zero attached hydrogens (tertiary/aromatic N) is 1. The molecular formula is C20H24FN2O3S+. The van der Waals surface area contributed by atoms with Crippen LogP contribution >= 0.6 is 0 Å². The van der Waals surface area contributed by atoms with Gasteiger partial charge in [0.1, 0.15) is 12.4 Å². The molecule has 1 amide bonds. The number of anilines is 1. The minimum absolute atomic E-state index is 0.00461. The summed E-state index contributed by atoms with van der Waals surface area (Å²) in [6.07, 6.45) is 0.458. The van der Waals surface area contributed by atoms with E-state index >= 15 is 0 Å². The third kappa shape index (κ3) is 5.14. The minimum Gasteiger partial charge on any atom is -0.326 e. The van der Waals surface area contributed by atoms with Crippen molar-refractivity contribution in [2.24, 2.45) is 0 Å². The first kappa shape index (κ1) is 19.5. The van der Waals surface area contributed by atoms with E-state index in [9.17, 15) is 17.6 Å². The lowest BCUT2D eigenvalue weighted by atomic mass is 10.1. The molecule has 1 aliphatic heterocycles. The summed E-state index contributed by atoms with van der Waals surface area (Å²) in [5, 5.41) is 0. The number of halogens is 1. The van der Waals surface area contributed by atoms with Crippen molar-refractivity contribution >= 4 is 21.4 Å². The highest BCUT2D eigenvalue weighted by Crippen LogP contribution is 2.24. The number of likely N-dealkylation sites (N-methyl/N-ethyl adjacent to an activating group) is 1. The first-order chi connectivity index (χ1) is 12.8. The van der Waals surface area contributed by atoms with Crippen LogP contribution in [0.3, 0.4) is 0 Å². The number of sulfone groups is 1. The molecule has 1 fully saturated rings. The highest BCUT2D eigenvalue weighted by Gasteiger charge is 2.36. The third-order valence-electron chi connectivity index (χ3n) is 4.75. The molecule has 2 atom stereocenters. The largest absolute Gasteiger partial charge is 0.326 e. The number of amides is 1. The highest BCUT2D eigenvalue weighted by molar-refractivity contribution is 7.91. The van der Waals surface area contributed by atoms with E-state index in [-0.39, 0.29) is 35.8 Å². The van der Waals surface area contributed by atoms with Crippen LogP contribution in [0.1, 0.15) is 12.0 Å². The molecule has 2 aromatic rings. The summed E-state index contributed by atoms with van der Waals surface area (Å²) in [6.45, 7) is 0.806. The summed E-state index contributed by atoms with van der Waals surface area (Å²) in [4.78, 5) is 15.6. The van der Waals surface area contributed by atoms with Gasteiger partial charge < -0.3 is 9.80 Å². The Bertz CT molecular complexity index is 885. The van der Waals surface area contributed by atoms with Crippen molar-refractivity contribution in [1.82, 2.24) is 0 Å². The van der Waals surface area contributed by atoms with Gasteiger partial charge in [-0.25, -0.2) is 12.8 Å². The summed E-state index contributed by atoms with van der Waals surface area (Å²) in [5.41, 5.74) is 1.66. The SMILES string of the molecule is C[NH+](CC(=O)N(c1ccccc1)[C@@H]1CCS(=O)(=O)C1)Cc1ccc(F)cc1. The Kier molecular flexibility index (Phi) is 5.92. The van der Waals surface area contributed by atoms with E-state index in [2.05, 4.69) is 0 Å². The van der Waals surface area contributed by atoms with E-state index in [4.69, 9.17) is 0 Å². The van der Waals surface area contributed by atoms with Crippen LogP contribution in [0.5, 0.6) is 0 Å². The van der Waals surface area contributed by atoms with Crippen LogP contribution in [0.4, 0.5) is 10.1 Å². The van der Waals surface area contributed by atoms with Crippen LogP contribution in [0.2, 0.25) is 0 Å². The van der Waals surface area contributed by atoms with Gasteiger partial charge in [0.2, 0.25) is 0 Å². The zero-order chi connectivity index (χ0) is 19.4. The monoisotopic (exact) mass is 391 g/mol. The number of benzene rings is 2. The van der Waals surface area contributed by atoms with Crippen molar-refractivity contribution in [3.05, 3.63) is 66.0 Å². The smallest absolute Gasteiger partial charge is 0.282 e. The minimum atomic E-state index is -3.10. The molecule has 144 valence electrons. The van der Waals surface area contributed by atoms with Gasteiger partial charge in [0.15, 0.2) is 16.4 Å². The van der Waals surface area contributed by atoms with Crippen molar-refractivity contribution in [3.8, 4) is 0 Å². The molecule has 1 aliphatic rings. The number of carbonyl (C=O) groups is 1. The van der Waals surface area contributed by atoms with Gasteiger partial charge in [-0.1, -0.05) is 30.3 Å². The lowest BCUT2D eigenvalue weighted by Crippen LogP contribution is -3.09. The van der Waals surface area contributed by atoms with Crippen LogP contribution in [-0.2, 0) is 21.2 Å². The summed E-state index contributed by atoms with van der Waals surface area (Å²) in [5.74, 6) is -0.273. The lowest BCUT2D eigenvalue weighted by Gasteiger charge is -2.29. The van der Waals surface area contributed by atoms with E-state index in [1.54, 1.807) is 17.0 Å². The molecule has 1 unspecified atom stereocenters. The average Bonchev–Trinajstić information content (AvgIpc) is 2.97. The lowest BCUT2D eigenvalue weighted by molar-refractivity contribution is -0.885. The molecule has 7 heteroatoms. The quantitative estimate of drug-likeness (QED) is 0.801. The Morgan fingerprint density at radius 1 is 1.15 bits per heavy atom. The molecule has 27 heavy (non-hydrogen) atoms. The predicted molar refractivity (Wildman–Crippen MR) is 103 cm³/mol. The van der Waals surface area contributed by atoms with Crippen molar-refractivity contribution in [2.45, 2.75) is 19.0 Å². The second-order valence-electron chi connectivity index (χ2n) is 7.09. The topological polar surface area (TPSA) is 58.9 Å². The maximum absolute atomic E-state index is 13.0. The van der Waals surface area contributed by atoms with E-state index in [0.717, 1.165) is 16.2 Å². The van der Waals surface area contributed by atoms with Crippen LogP contribution in [-0.4, -0.2) is 45.5 Å². The molecule has 0 radical (unpaired) electrons. The number of hydrogen-bond acceptors (Lipinski definition) is 3. The summed E-state index contributed by atoms with van der Waals surface area (Å²) in [6, 6.07) is 15.1. The third-order valence-corrected chi connectivity index (χ3v) is 6.50. The van der Waals surface area contributed by atoms with Gasteiger partial charge >= 0.3 is 0 Å². The van der Waals surface area contributed by atoms with Gasteiger partial charge in [-0.2, -0.15) is 0 Å². The Balaban J connectivity index is 1.73. The Labute approximate surface area is 159 Å². The van der Waals surface area contributed by atoms with Crippen molar-refractivity contribution in [3.63, 3.8) is 0 Å². The van der Waals surface area contributed by atoms with Gasteiger partial charge in [0.05, 0.1) is 24.6 Å². The number of carbonyl (C=O) groups excluding carboxylic acids is 1. The molecule has 0 aromatic heterocycles. The number of nitrogens with one attached hydrogen (secondary N) is 1. The van der Waals surface area contributed by atoms with Gasteiger partial charge in [-0.15, -0.1) is 0 Å². The summed E-state index contributed by atoms with van der Waals surface area (Å²) >= 11 is 0. The van der Waals surface area contributed by atoms with Crippen LogP contribution in [0, 0.1) is 5.82 Å². The number of para-hydroxylation sites is 1. The molecule has 5 nitrogen and oxygen atoms in total. The van der Waals surface area contributed by atoms with Crippen molar-refractivity contribution < 1.29 is 22.5 Å². The van der Waals surface area contributed by atoms with Gasteiger partial charge in [-0.05, 0) is 30.7 Å². The van der Waals surface area contributed by atoms with Gasteiger partial charge in [0.25, 0.3) is 5.91 Å². The van der Waals surface area contributed by atoms with Crippen molar-refractivity contribution in [2.75, 3.05) is 30.0 Å². The standard InChI is InChI=1S/C20H23FN2O3S/c1-22(13-16-7-9-17(21)10-8-16)14-20(24)23(18-5-3-2-4-6-18)19-11-12-27(25,26)15-19/h2-10,19H,11-15H2,1H3/p+1/t19-/m1/s1. The molecule has 0 saturated carbocycles. The highest BCUT2D eigenvalue weighted by atomic mass is 32.2. The fraction of sp³-hybridized carbons (Fsp3) is 0.350. The van der Waals surface area contributed by atoms with Gasteiger partial charge in [-0.3, -0.25) is 4.79 Å². The number of quaternary nitrogens is 1. The van der Waals surface area contributed by atoms with E-state index in [1.165, 1.54) is 12.1 Å². The fourth-order valence-corrected chi connectivity index (χ4v) is 5.18. The van der Waals surface area contributed by atoms with Crippen LogP contribution in [0.25, 0.3) is 0 Å². The van der Waals surface area contributed by atoms with Crippen molar-refractivity contribution in [1.29, 1.82) is 0 Å². The second-order valence-corrected chi connectivity index (χ2v) is 9.32. The normalized spacial score (nSPS) is 19.6. The molecular weight excluding hydrogens is 367 g/mol. The summed E-state index contributed by atoms with van der Waals surface area (Å²) in [7, 11) is -1.20. The predicted octanol–water partition coefficient (Wildman–Crippen LogP) is 1.06. The molecule has 2 aromatic carbocycles. The molecule has 0 spiro atoms. The molecule has 1 heterocycles.